The van der Waals surface area contributed by atoms with Crippen LogP contribution in [0.1, 0.15) is 17.4 Å². The maximum absolute atomic E-state index is 9.89. The molecular formula is C12H10BrClO2. The minimum atomic E-state index is -0.659. The van der Waals surface area contributed by atoms with Crippen LogP contribution in [0.2, 0.25) is 5.22 Å². The van der Waals surface area contributed by atoms with Crippen molar-refractivity contribution in [3.8, 4) is 0 Å². The van der Waals surface area contributed by atoms with Gasteiger partial charge in [0.25, 0.3) is 0 Å². The van der Waals surface area contributed by atoms with Gasteiger partial charge in [0, 0.05) is 10.9 Å². The molecule has 0 amide bonds. The quantitative estimate of drug-likeness (QED) is 0.930. The van der Waals surface area contributed by atoms with Crippen molar-refractivity contribution < 1.29 is 9.52 Å². The number of rotatable bonds is 3. The molecular weight excluding hydrogens is 291 g/mol. The molecule has 0 aliphatic rings. The van der Waals surface area contributed by atoms with Crippen LogP contribution in [0.15, 0.2) is 45.3 Å². The second-order valence-electron chi connectivity index (χ2n) is 3.49. The number of furan rings is 1. The Hall–Kier alpha value is -0.770. The highest BCUT2D eigenvalue weighted by Gasteiger charge is 2.12. The van der Waals surface area contributed by atoms with Gasteiger partial charge in [-0.3, -0.25) is 0 Å². The van der Waals surface area contributed by atoms with Crippen LogP contribution in [0.3, 0.4) is 0 Å². The predicted octanol–water partition coefficient (Wildman–Crippen LogP) is 3.97. The third kappa shape index (κ3) is 2.88. The van der Waals surface area contributed by atoms with Crippen molar-refractivity contribution in [2.45, 2.75) is 12.5 Å². The van der Waals surface area contributed by atoms with Gasteiger partial charge in [-0.15, -0.1) is 0 Å². The van der Waals surface area contributed by atoms with Gasteiger partial charge in [-0.25, -0.2) is 0 Å². The van der Waals surface area contributed by atoms with Gasteiger partial charge in [0.15, 0.2) is 5.22 Å². The van der Waals surface area contributed by atoms with E-state index in [1.165, 1.54) is 0 Å². The van der Waals surface area contributed by atoms with Crippen LogP contribution in [-0.4, -0.2) is 5.11 Å². The van der Waals surface area contributed by atoms with Crippen LogP contribution < -0.4 is 0 Å². The molecule has 0 saturated carbocycles. The van der Waals surface area contributed by atoms with Gasteiger partial charge in [-0.05, 0) is 41.4 Å². The standard InChI is InChI=1S/C12H10BrClO2/c13-9-3-1-8(2-4-9)7-10(15)11-5-6-12(14)16-11/h1-6,10,15H,7H2. The third-order valence-electron chi connectivity index (χ3n) is 2.26. The minimum Gasteiger partial charge on any atom is -0.447 e. The summed E-state index contributed by atoms with van der Waals surface area (Å²) in [7, 11) is 0. The lowest BCUT2D eigenvalue weighted by Crippen LogP contribution is -2.00. The van der Waals surface area contributed by atoms with Crippen LogP contribution >= 0.6 is 27.5 Å². The van der Waals surface area contributed by atoms with Crippen LogP contribution in [0, 0.1) is 0 Å². The first-order valence-corrected chi connectivity index (χ1v) is 6.00. The first-order chi connectivity index (χ1) is 7.65. The summed E-state index contributed by atoms with van der Waals surface area (Å²) >= 11 is 9.01. The van der Waals surface area contributed by atoms with Gasteiger partial charge < -0.3 is 9.52 Å². The molecule has 1 heterocycles. The summed E-state index contributed by atoms with van der Waals surface area (Å²) in [6.07, 6.45) is -0.148. The summed E-state index contributed by atoms with van der Waals surface area (Å²) in [5.74, 6) is 0.493. The van der Waals surface area contributed by atoms with E-state index in [2.05, 4.69) is 15.9 Å². The number of benzene rings is 1. The van der Waals surface area contributed by atoms with Crippen molar-refractivity contribution in [1.82, 2.24) is 0 Å². The monoisotopic (exact) mass is 300 g/mol. The van der Waals surface area contributed by atoms with Crippen molar-refractivity contribution >= 4 is 27.5 Å². The van der Waals surface area contributed by atoms with Gasteiger partial charge in [0.1, 0.15) is 11.9 Å². The SMILES string of the molecule is OC(Cc1ccc(Br)cc1)c1ccc(Cl)o1. The normalized spacial score (nSPS) is 12.7. The molecule has 4 heteroatoms. The number of hydrogen-bond donors (Lipinski definition) is 1. The molecule has 1 unspecified atom stereocenters. The van der Waals surface area contributed by atoms with E-state index < -0.39 is 6.10 Å². The maximum atomic E-state index is 9.89. The highest BCUT2D eigenvalue weighted by Crippen LogP contribution is 2.23. The Morgan fingerprint density at radius 3 is 2.44 bits per heavy atom. The molecule has 0 aliphatic heterocycles. The van der Waals surface area contributed by atoms with Crippen molar-refractivity contribution in [1.29, 1.82) is 0 Å². The third-order valence-corrected chi connectivity index (χ3v) is 3.00. The van der Waals surface area contributed by atoms with Crippen molar-refractivity contribution in [3.63, 3.8) is 0 Å². The van der Waals surface area contributed by atoms with E-state index in [0.29, 0.717) is 17.4 Å². The van der Waals surface area contributed by atoms with E-state index in [4.69, 9.17) is 16.0 Å². The highest BCUT2D eigenvalue weighted by atomic mass is 79.9. The zero-order valence-corrected chi connectivity index (χ0v) is 10.7. The van der Waals surface area contributed by atoms with Crippen molar-refractivity contribution in [2.75, 3.05) is 0 Å². The van der Waals surface area contributed by atoms with E-state index in [0.717, 1.165) is 10.0 Å². The lowest BCUT2D eigenvalue weighted by Gasteiger charge is -2.07. The van der Waals surface area contributed by atoms with Gasteiger partial charge in [0.05, 0.1) is 0 Å². The highest BCUT2D eigenvalue weighted by molar-refractivity contribution is 9.10. The Kier molecular flexibility index (Phi) is 3.69. The van der Waals surface area contributed by atoms with E-state index in [1.807, 2.05) is 24.3 Å². The average molecular weight is 302 g/mol. The van der Waals surface area contributed by atoms with Crippen LogP contribution in [0.5, 0.6) is 0 Å². The topological polar surface area (TPSA) is 33.4 Å². The van der Waals surface area contributed by atoms with Gasteiger partial charge in [-0.2, -0.15) is 0 Å². The number of aliphatic hydroxyl groups excluding tert-OH is 1. The van der Waals surface area contributed by atoms with Crippen molar-refractivity contribution in [2.24, 2.45) is 0 Å². The number of aliphatic hydroxyl groups is 1. The molecule has 0 radical (unpaired) electrons. The molecule has 1 N–H and O–H groups in total. The molecule has 84 valence electrons. The Morgan fingerprint density at radius 2 is 1.88 bits per heavy atom. The summed E-state index contributed by atoms with van der Waals surface area (Å²) in [5.41, 5.74) is 1.04. The second kappa shape index (κ2) is 5.04. The zero-order chi connectivity index (χ0) is 11.5. The van der Waals surface area contributed by atoms with E-state index in [9.17, 15) is 5.11 Å². The summed E-state index contributed by atoms with van der Waals surface area (Å²) in [5, 5.41) is 10.2. The molecule has 0 saturated heterocycles. The van der Waals surface area contributed by atoms with Gasteiger partial charge >= 0.3 is 0 Å². The lowest BCUT2D eigenvalue weighted by molar-refractivity contribution is 0.150. The Bertz CT molecular complexity index is 464. The molecule has 0 spiro atoms. The van der Waals surface area contributed by atoms with Crippen LogP contribution in [0.25, 0.3) is 0 Å². The first kappa shape index (κ1) is 11.7. The summed E-state index contributed by atoms with van der Waals surface area (Å²) in [6, 6.07) is 11.1. The summed E-state index contributed by atoms with van der Waals surface area (Å²) in [4.78, 5) is 0. The maximum Gasteiger partial charge on any atom is 0.193 e. The van der Waals surface area contributed by atoms with Crippen molar-refractivity contribution in [3.05, 3.63) is 57.4 Å². The Morgan fingerprint density at radius 1 is 1.19 bits per heavy atom. The first-order valence-electron chi connectivity index (χ1n) is 4.83. The fraction of sp³-hybridized carbons (Fsp3) is 0.167. The molecule has 0 fully saturated rings. The molecule has 2 nitrogen and oxygen atoms in total. The average Bonchev–Trinajstić information content (AvgIpc) is 2.68. The largest absolute Gasteiger partial charge is 0.447 e. The summed E-state index contributed by atoms with van der Waals surface area (Å²) < 4.78 is 6.17. The molecule has 2 rings (SSSR count). The molecule has 0 bridgehead atoms. The zero-order valence-electron chi connectivity index (χ0n) is 8.36. The fourth-order valence-electron chi connectivity index (χ4n) is 1.45. The van der Waals surface area contributed by atoms with Gasteiger partial charge in [-0.1, -0.05) is 28.1 Å². The molecule has 16 heavy (non-hydrogen) atoms. The number of hydrogen-bond acceptors (Lipinski definition) is 2. The second-order valence-corrected chi connectivity index (χ2v) is 4.78. The smallest absolute Gasteiger partial charge is 0.193 e. The molecule has 0 aliphatic carbocycles. The molecule has 1 aromatic carbocycles. The van der Waals surface area contributed by atoms with E-state index >= 15 is 0 Å². The fourth-order valence-corrected chi connectivity index (χ4v) is 1.87. The molecule has 1 atom stereocenters. The summed E-state index contributed by atoms with van der Waals surface area (Å²) in [6.45, 7) is 0. The Labute approximate surface area is 107 Å². The molecule has 1 aromatic heterocycles. The predicted molar refractivity (Wildman–Crippen MR) is 66.5 cm³/mol. The van der Waals surface area contributed by atoms with E-state index in [-0.39, 0.29) is 0 Å². The number of halogens is 2. The van der Waals surface area contributed by atoms with E-state index in [1.54, 1.807) is 12.1 Å². The lowest BCUT2D eigenvalue weighted by atomic mass is 10.1. The molecule has 2 aromatic rings. The van der Waals surface area contributed by atoms with Crippen LogP contribution in [0.4, 0.5) is 0 Å². The minimum absolute atomic E-state index is 0.296. The van der Waals surface area contributed by atoms with Gasteiger partial charge in [0.2, 0.25) is 0 Å². The van der Waals surface area contributed by atoms with Crippen LogP contribution in [-0.2, 0) is 6.42 Å². The Balaban J connectivity index is 2.07.